The number of amides is 1. The van der Waals surface area contributed by atoms with Crippen molar-refractivity contribution in [2.45, 2.75) is 42.9 Å². The first-order valence-corrected chi connectivity index (χ1v) is 10.6. The van der Waals surface area contributed by atoms with Gasteiger partial charge < -0.3 is 5.32 Å². The number of hydrogen-bond donors (Lipinski definition) is 2. The molecule has 0 heterocycles. The van der Waals surface area contributed by atoms with Crippen molar-refractivity contribution in [3.8, 4) is 17.2 Å². The zero-order chi connectivity index (χ0) is 23.6. The molecule has 2 atom stereocenters. The fraction of sp³-hybridized carbons (Fsp3) is 0.364. The summed E-state index contributed by atoms with van der Waals surface area (Å²) in [6.45, 7) is 1.51. The highest BCUT2D eigenvalue weighted by Crippen LogP contribution is 2.34. The van der Waals surface area contributed by atoms with Gasteiger partial charge in [-0.1, -0.05) is 49.7 Å². The van der Waals surface area contributed by atoms with E-state index in [-0.39, 0.29) is 18.5 Å². The second kappa shape index (κ2) is 12.5. The first-order chi connectivity index (χ1) is 15.3. The van der Waals surface area contributed by atoms with Crippen LogP contribution in [0.15, 0.2) is 53.4 Å². The predicted octanol–water partition coefficient (Wildman–Crippen LogP) is 4.94. The topological polar surface area (TPSA) is 83.4 Å². The third-order valence-electron chi connectivity index (χ3n) is 4.56. The minimum atomic E-state index is -4.61. The van der Waals surface area contributed by atoms with E-state index in [1.807, 2.05) is 24.3 Å². The van der Waals surface area contributed by atoms with Crippen molar-refractivity contribution in [3.63, 3.8) is 0 Å². The Kier molecular flexibility index (Phi) is 9.99. The van der Waals surface area contributed by atoms with E-state index < -0.39 is 24.2 Å². The monoisotopic (exact) mass is 467 g/mol. The number of rotatable bonds is 11. The molecule has 0 fully saturated rings. The first-order valence-electron chi connectivity index (χ1n) is 9.85. The zero-order valence-corrected chi connectivity index (χ0v) is 18.4. The summed E-state index contributed by atoms with van der Waals surface area (Å²) in [5, 5.41) is 13.4. The number of halogens is 3. The average molecular weight is 468 g/mol. The highest BCUT2D eigenvalue weighted by atomic mass is 32.2. The van der Waals surface area contributed by atoms with Gasteiger partial charge in [0.15, 0.2) is 0 Å². The molecule has 2 aromatic carbocycles. The summed E-state index contributed by atoms with van der Waals surface area (Å²) >= 11 is 1.04. The van der Waals surface area contributed by atoms with Crippen LogP contribution in [0.5, 0.6) is 0 Å². The summed E-state index contributed by atoms with van der Waals surface area (Å²) < 4.78 is 46.2. The van der Waals surface area contributed by atoms with Crippen molar-refractivity contribution in [2.75, 3.05) is 13.7 Å². The lowest BCUT2D eigenvalue weighted by Crippen LogP contribution is -2.49. The molecule has 0 spiro atoms. The molecule has 6 nitrogen and oxygen atoms in total. The van der Waals surface area contributed by atoms with Crippen LogP contribution >= 0.6 is 12.0 Å². The molecule has 0 aliphatic rings. The summed E-state index contributed by atoms with van der Waals surface area (Å²) in [5.41, 5.74) is 1.57. The van der Waals surface area contributed by atoms with E-state index in [0.29, 0.717) is 6.42 Å². The van der Waals surface area contributed by atoms with Crippen LogP contribution < -0.4 is 10.6 Å². The molecule has 172 valence electrons. The lowest BCUT2D eigenvalue weighted by atomic mass is 9.99. The van der Waals surface area contributed by atoms with Crippen molar-refractivity contribution in [2.24, 2.45) is 0 Å². The van der Waals surface area contributed by atoms with Gasteiger partial charge in [-0.2, -0.15) is 22.8 Å². The van der Waals surface area contributed by atoms with Crippen LogP contribution in [0.4, 0.5) is 13.2 Å². The average Bonchev–Trinajstić information content (AvgIpc) is 2.78. The highest BCUT2D eigenvalue weighted by molar-refractivity contribution is 7.94. The Morgan fingerprint density at radius 1 is 1.12 bits per heavy atom. The van der Waals surface area contributed by atoms with Crippen LogP contribution in [-0.2, 0) is 14.0 Å². The molecule has 0 aromatic heterocycles. The molecule has 0 saturated heterocycles. The van der Waals surface area contributed by atoms with Gasteiger partial charge in [0.25, 0.3) is 0 Å². The van der Waals surface area contributed by atoms with Crippen molar-refractivity contribution in [3.05, 3.63) is 54.1 Å². The van der Waals surface area contributed by atoms with E-state index in [9.17, 15) is 18.0 Å². The predicted molar refractivity (Wildman–Crippen MR) is 115 cm³/mol. The SMILES string of the molecule is CCC[C@H](N[C@H](c1ccc(-c2ccc(SOOC)cc2)cc1)C(F)(F)F)C(=O)NCC#N. The van der Waals surface area contributed by atoms with Gasteiger partial charge in [0.1, 0.15) is 12.6 Å². The number of nitrogens with one attached hydrogen (secondary N) is 2. The molecule has 0 radical (unpaired) electrons. The summed E-state index contributed by atoms with van der Waals surface area (Å²) in [5.74, 6) is -0.630. The van der Waals surface area contributed by atoms with Crippen LogP contribution in [0.1, 0.15) is 31.4 Å². The molecular weight excluding hydrogens is 443 g/mol. The van der Waals surface area contributed by atoms with Gasteiger partial charge in [-0.15, -0.1) is 0 Å². The number of benzene rings is 2. The second-order valence-corrected chi connectivity index (χ2v) is 7.60. The molecule has 2 N–H and O–H groups in total. The normalized spacial score (nSPS) is 13.2. The number of nitriles is 1. The van der Waals surface area contributed by atoms with Crippen LogP contribution in [0.2, 0.25) is 0 Å². The van der Waals surface area contributed by atoms with Crippen LogP contribution in [0.25, 0.3) is 11.1 Å². The maximum Gasteiger partial charge on any atom is 0.407 e. The first kappa shape index (κ1) is 25.7. The Hall–Kier alpha value is -2.58. The van der Waals surface area contributed by atoms with E-state index in [1.54, 1.807) is 25.1 Å². The van der Waals surface area contributed by atoms with Crippen LogP contribution in [0, 0.1) is 11.3 Å². The van der Waals surface area contributed by atoms with Gasteiger partial charge in [0.2, 0.25) is 5.91 Å². The molecule has 10 heteroatoms. The fourth-order valence-corrected chi connectivity index (χ4v) is 3.45. The highest BCUT2D eigenvalue weighted by Gasteiger charge is 2.42. The van der Waals surface area contributed by atoms with Gasteiger partial charge in [-0.25, -0.2) is 4.89 Å². The van der Waals surface area contributed by atoms with E-state index in [0.717, 1.165) is 28.1 Å². The minimum Gasteiger partial charge on any atom is -0.342 e. The number of hydrogen-bond acceptors (Lipinski definition) is 6. The lowest BCUT2D eigenvalue weighted by Gasteiger charge is -2.27. The maximum atomic E-state index is 13.8. The number of carbonyl (C=O) groups is 1. The van der Waals surface area contributed by atoms with Crippen molar-refractivity contribution in [1.82, 2.24) is 10.6 Å². The smallest absolute Gasteiger partial charge is 0.342 e. The van der Waals surface area contributed by atoms with Gasteiger partial charge in [0.05, 0.1) is 31.3 Å². The Balaban J connectivity index is 2.21. The molecule has 2 aromatic rings. The summed E-state index contributed by atoms with van der Waals surface area (Å²) in [6, 6.07) is 11.9. The Morgan fingerprint density at radius 2 is 1.72 bits per heavy atom. The standard InChI is InChI=1S/C22H24F3N3O3S/c1-3-4-19(21(29)27-14-13-26)28-20(22(23,24)25)17-7-5-15(6-8-17)16-9-11-18(12-10-16)32-31-30-2/h5-12,19-20,28H,3-4,14H2,1-2H3,(H,27,29)/t19-,20+/m0/s1. The van der Waals surface area contributed by atoms with Crippen LogP contribution in [0.3, 0.4) is 0 Å². The summed E-state index contributed by atoms with van der Waals surface area (Å²) in [7, 11) is 1.40. The van der Waals surface area contributed by atoms with Crippen LogP contribution in [-0.4, -0.2) is 31.8 Å². The summed E-state index contributed by atoms with van der Waals surface area (Å²) in [6.07, 6.45) is -3.90. The number of carbonyl (C=O) groups excluding carboxylic acids is 1. The van der Waals surface area contributed by atoms with Crippen molar-refractivity contribution < 1.29 is 27.2 Å². The molecule has 0 bridgehead atoms. The zero-order valence-electron chi connectivity index (χ0n) is 17.6. The molecular formula is C22H24F3N3O3S. The largest absolute Gasteiger partial charge is 0.407 e. The second-order valence-electron chi connectivity index (χ2n) is 6.82. The third-order valence-corrected chi connectivity index (χ3v) is 5.23. The Bertz CT molecular complexity index is 900. The van der Waals surface area contributed by atoms with Gasteiger partial charge in [-0.05, 0) is 35.2 Å². The molecule has 2 rings (SSSR count). The molecule has 0 aliphatic carbocycles. The summed E-state index contributed by atoms with van der Waals surface area (Å²) in [4.78, 5) is 17.5. The third kappa shape index (κ3) is 7.53. The van der Waals surface area contributed by atoms with Crippen molar-refractivity contribution >= 4 is 17.9 Å². The molecule has 0 unspecified atom stereocenters. The number of nitrogens with zero attached hydrogens (tertiary/aromatic N) is 1. The fourth-order valence-electron chi connectivity index (χ4n) is 3.05. The molecule has 0 saturated carbocycles. The van der Waals surface area contributed by atoms with Gasteiger partial charge in [-0.3, -0.25) is 10.1 Å². The quantitative estimate of drug-likeness (QED) is 0.211. The molecule has 0 aliphatic heterocycles. The van der Waals surface area contributed by atoms with Crippen molar-refractivity contribution in [1.29, 1.82) is 5.26 Å². The van der Waals surface area contributed by atoms with Gasteiger partial charge in [0, 0.05) is 4.90 Å². The van der Waals surface area contributed by atoms with Gasteiger partial charge >= 0.3 is 6.18 Å². The lowest BCUT2D eigenvalue weighted by molar-refractivity contribution is -0.161. The number of alkyl halides is 3. The molecule has 32 heavy (non-hydrogen) atoms. The van der Waals surface area contributed by atoms with E-state index in [4.69, 9.17) is 9.60 Å². The molecule has 1 amide bonds. The Labute approximate surface area is 189 Å². The maximum absolute atomic E-state index is 13.8. The van der Waals surface area contributed by atoms with E-state index in [1.165, 1.54) is 19.2 Å². The van der Waals surface area contributed by atoms with E-state index in [2.05, 4.69) is 15.5 Å². The Morgan fingerprint density at radius 3 is 2.22 bits per heavy atom. The minimum absolute atomic E-state index is 0.00361. The van der Waals surface area contributed by atoms with E-state index >= 15 is 0 Å².